The summed E-state index contributed by atoms with van der Waals surface area (Å²) < 4.78 is 11.1. The molecule has 4 heteroatoms. The number of hydrogen-bond acceptors (Lipinski definition) is 4. The number of hydrogen-bond donors (Lipinski definition) is 1. The van der Waals surface area contributed by atoms with Gasteiger partial charge in [-0.2, -0.15) is 0 Å². The molecule has 0 aliphatic heterocycles. The Balaban J connectivity index is 1.92. The van der Waals surface area contributed by atoms with Gasteiger partial charge in [0.25, 0.3) is 0 Å². The topological polar surface area (TPSA) is 44.5 Å². The zero-order valence-electron chi connectivity index (χ0n) is 11.0. The minimum Gasteiger partial charge on any atom is -0.493 e. The molecule has 0 saturated heterocycles. The van der Waals surface area contributed by atoms with E-state index in [4.69, 9.17) is 15.2 Å². The van der Waals surface area contributed by atoms with E-state index >= 15 is 0 Å². The van der Waals surface area contributed by atoms with Crippen LogP contribution in [0.25, 0.3) is 0 Å². The average Bonchev–Trinajstić information content (AvgIpc) is 2.96. The number of methoxy groups -OCH3 is 1. The minimum absolute atomic E-state index is 0.323. The second kappa shape index (κ2) is 7.16. The van der Waals surface area contributed by atoms with Crippen molar-refractivity contribution < 1.29 is 9.47 Å². The highest BCUT2D eigenvalue weighted by Crippen LogP contribution is 2.26. The summed E-state index contributed by atoms with van der Waals surface area (Å²) in [7, 11) is 1.65. The van der Waals surface area contributed by atoms with E-state index in [1.165, 1.54) is 4.88 Å². The van der Waals surface area contributed by atoms with Crippen molar-refractivity contribution in [2.45, 2.75) is 6.42 Å². The van der Waals surface area contributed by atoms with Crippen molar-refractivity contribution in [1.29, 1.82) is 0 Å². The lowest BCUT2D eigenvalue weighted by Gasteiger charge is -2.16. The lowest BCUT2D eigenvalue weighted by atomic mass is 10.1. The quantitative estimate of drug-likeness (QED) is 0.846. The Morgan fingerprint density at radius 2 is 1.95 bits per heavy atom. The molecule has 2 N–H and O–H groups in total. The first-order chi connectivity index (χ1) is 9.33. The molecule has 2 aromatic rings. The van der Waals surface area contributed by atoms with Crippen molar-refractivity contribution in [3.63, 3.8) is 0 Å². The Hall–Kier alpha value is -1.52. The van der Waals surface area contributed by atoms with Gasteiger partial charge in [-0.15, -0.1) is 11.3 Å². The van der Waals surface area contributed by atoms with E-state index in [9.17, 15) is 0 Å². The van der Waals surface area contributed by atoms with Crippen LogP contribution in [0.2, 0.25) is 0 Å². The second-order valence-corrected chi connectivity index (χ2v) is 5.38. The van der Waals surface area contributed by atoms with E-state index in [0.717, 1.165) is 17.9 Å². The predicted molar refractivity (Wildman–Crippen MR) is 79.1 cm³/mol. The Bertz CT molecular complexity index is 485. The van der Waals surface area contributed by atoms with Gasteiger partial charge >= 0.3 is 0 Å². The molecule has 0 radical (unpaired) electrons. The normalized spacial score (nSPS) is 12.1. The smallest absolute Gasteiger partial charge is 0.161 e. The van der Waals surface area contributed by atoms with E-state index in [0.29, 0.717) is 19.1 Å². The molecular formula is C15H19NO2S. The number of rotatable bonds is 7. The van der Waals surface area contributed by atoms with Crippen LogP contribution < -0.4 is 15.2 Å². The van der Waals surface area contributed by atoms with E-state index in [2.05, 4.69) is 17.5 Å². The van der Waals surface area contributed by atoms with E-state index in [1.54, 1.807) is 18.4 Å². The third-order valence-electron chi connectivity index (χ3n) is 2.95. The molecule has 0 aliphatic carbocycles. The van der Waals surface area contributed by atoms with Crippen molar-refractivity contribution >= 4 is 11.3 Å². The Kier molecular flexibility index (Phi) is 5.24. The molecule has 3 nitrogen and oxygen atoms in total. The highest BCUT2D eigenvalue weighted by Gasteiger charge is 2.11. The number of para-hydroxylation sites is 2. The first-order valence-electron chi connectivity index (χ1n) is 6.31. The highest BCUT2D eigenvalue weighted by molar-refractivity contribution is 7.09. The molecule has 1 aromatic heterocycles. The third-order valence-corrected chi connectivity index (χ3v) is 3.85. The summed E-state index contributed by atoms with van der Waals surface area (Å²) in [6.07, 6.45) is 0.962. The Morgan fingerprint density at radius 3 is 2.58 bits per heavy atom. The van der Waals surface area contributed by atoms with Crippen molar-refractivity contribution in [3.05, 3.63) is 46.7 Å². The summed E-state index contributed by atoms with van der Waals surface area (Å²) in [6, 6.07) is 11.9. The SMILES string of the molecule is COc1ccccc1OCC(CN)Cc1cccs1. The first kappa shape index (κ1) is 13.9. The fourth-order valence-corrected chi connectivity index (χ4v) is 2.69. The number of nitrogens with two attached hydrogens (primary N) is 1. The van der Waals surface area contributed by atoms with Gasteiger partial charge in [-0.1, -0.05) is 18.2 Å². The summed E-state index contributed by atoms with van der Waals surface area (Å²) in [4.78, 5) is 1.35. The monoisotopic (exact) mass is 277 g/mol. The standard InChI is InChI=1S/C15H19NO2S/c1-17-14-6-2-3-7-15(14)18-11-12(10-16)9-13-5-4-8-19-13/h2-8,12H,9-11,16H2,1H3. The van der Waals surface area contributed by atoms with Crippen molar-refractivity contribution in [1.82, 2.24) is 0 Å². The summed E-state index contributed by atoms with van der Waals surface area (Å²) in [5.74, 6) is 1.85. The maximum Gasteiger partial charge on any atom is 0.161 e. The number of ether oxygens (including phenoxy) is 2. The molecule has 1 unspecified atom stereocenters. The Morgan fingerprint density at radius 1 is 1.16 bits per heavy atom. The summed E-state index contributed by atoms with van der Waals surface area (Å²) in [5, 5.41) is 2.09. The van der Waals surface area contributed by atoms with Gasteiger partial charge in [-0.3, -0.25) is 0 Å². The summed E-state index contributed by atoms with van der Waals surface area (Å²) in [5.41, 5.74) is 5.82. The lowest BCUT2D eigenvalue weighted by molar-refractivity contribution is 0.241. The minimum atomic E-state index is 0.323. The van der Waals surface area contributed by atoms with Gasteiger partial charge in [0.1, 0.15) is 0 Å². The summed E-state index contributed by atoms with van der Waals surface area (Å²) in [6.45, 7) is 1.22. The number of thiophene rings is 1. The van der Waals surface area contributed by atoms with Crippen molar-refractivity contribution in [2.24, 2.45) is 11.7 Å². The molecule has 102 valence electrons. The molecule has 0 amide bonds. The van der Waals surface area contributed by atoms with Crippen molar-refractivity contribution in [3.8, 4) is 11.5 Å². The van der Waals surface area contributed by atoms with Gasteiger partial charge < -0.3 is 15.2 Å². The zero-order valence-corrected chi connectivity index (χ0v) is 11.9. The van der Waals surface area contributed by atoms with Crippen LogP contribution in [0.3, 0.4) is 0 Å². The maximum absolute atomic E-state index is 5.83. The van der Waals surface area contributed by atoms with Crippen molar-refractivity contribution in [2.75, 3.05) is 20.3 Å². The molecule has 1 aromatic carbocycles. The van der Waals surface area contributed by atoms with Gasteiger partial charge in [0.15, 0.2) is 11.5 Å². The van der Waals surface area contributed by atoms with Crippen LogP contribution in [0.1, 0.15) is 4.88 Å². The maximum atomic E-state index is 5.83. The van der Waals surface area contributed by atoms with Crippen LogP contribution in [-0.4, -0.2) is 20.3 Å². The molecule has 0 fully saturated rings. The number of benzene rings is 1. The van der Waals surface area contributed by atoms with Gasteiger partial charge in [-0.05, 0) is 36.5 Å². The first-order valence-corrected chi connectivity index (χ1v) is 7.19. The van der Waals surface area contributed by atoms with E-state index in [-0.39, 0.29) is 0 Å². The molecule has 1 atom stereocenters. The molecule has 0 bridgehead atoms. The Labute approximate surface area is 118 Å². The molecule has 0 aliphatic rings. The average molecular weight is 277 g/mol. The van der Waals surface area contributed by atoms with Gasteiger partial charge in [0.05, 0.1) is 13.7 Å². The van der Waals surface area contributed by atoms with Crippen LogP contribution in [-0.2, 0) is 6.42 Å². The van der Waals surface area contributed by atoms with Gasteiger partial charge in [0.2, 0.25) is 0 Å². The lowest BCUT2D eigenvalue weighted by Crippen LogP contribution is -2.23. The van der Waals surface area contributed by atoms with E-state index < -0.39 is 0 Å². The van der Waals surface area contributed by atoms with Crippen LogP contribution >= 0.6 is 11.3 Å². The molecule has 19 heavy (non-hydrogen) atoms. The fraction of sp³-hybridized carbons (Fsp3) is 0.333. The largest absolute Gasteiger partial charge is 0.493 e. The fourth-order valence-electron chi connectivity index (χ4n) is 1.87. The highest BCUT2D eigenvalue weighted by atomic mass is 32.1. The molecule has 0 saturated carbocycles. The van der Waals surface area contributed by atoms with Crippen LogP contribution in [0.5, 0.6) is 11.5 Å². The molecule has 1 heterocycles. The predicted octanol–water partition coefficient (Wildman–Crippen LogP) is 2.95. The van der Waals surface area contributed by atoms with Gasteiger partial charge in [-0.25, -0.2) is 0 Å². The second-order valence-electron chi connectivity index (χ2n) is 4.35. The van der Waals surface area contributed by atoms with E-state index in [1.807, 2.05) is 24.3 Å². The van der Waals surface area contributed by atoms with Gasteiger partial charge in [0, 0.05) is 10.8 Å². The summed E-state index contributed by atoms with van der Waals surface area (Å²) >= 11 is 1.76. The molecule has 0 spiro atoms. The van der Waals surface area contributed by atoms with Crippen LogP contribution in [0.4, 0.5) is 0 Å². The third kappa shape index (κ3) is 3.98. The van der Waals surface area contributed by atoms with Crippen LogP contribution in [0, 0.1) is 5.92 Å². The molecule has 2 rings (SSSR count). The van der Waals surface area contributed by atoms with Crippen LogP contribution in [0.15, 0.2) is 41.8 Å². The zero-order chi connectivity index (χ0) is 13.5. The molecular weight excluding hydrogens is 258 g/mol.